The SMILES string of the molecule is Cc1ccccc1C(C)NC(=O)CSCC(C)CN. The fraction of sp³-hybridized carbons (Fsp3) is 0.533. The molecule has 1 rings (SSSR count). The molecule has 2 atom stereocenters. The summed E-state index contributed by atoms with van der Waals surface area (Å²) in [7, 11) is 0. The van der Waals surface area contributed by atoms with E-state index in [1.165, 1.54) is 11.1 Å². The van der Waals surface area contributed by atoms with Gasteiger partial charge >= 0.3 is 0 Å². The summed E-state index contributed by atoms with van der Waals surface area (Å²) in [5, 5.41) is 3.04. The zero-order chi connectivity index (χ0) is 14.3. The second kappa shape index (κ2) is 8.23. The molecule has 2 unspecified atom stereocenters. The van der Waals surface area contributed by atoms with Gasteiger partial charge in [-0.1, -0.05) is 31.2 Å². The Morgan fingerprint density at radius 1 is 1.37 bits per heavy atom. The van der Waals surface area contributed by atoms with E-state index in [1.54, 1.807) is 11.8 Å². The highest BCUT2D eigenvalue weighted by Gasteiger charge is 2.11. The first-order chi connectivity index (χ1) is 9.04. The molecule has 3 nitrogen and oxygen atoms in total. The van der Waals surface area contributed by atoms with E-state index in [1.807, 2.05) is 19.1 Å². The molecule has 0 radical (unpaired) electrons. The average molecular weight is 280 g/mol. The van der Waals surface area contributed by atoms with Gasteiger partial charge in [-0.05, 0) is 43.2 Å². The molecule has 1 aromatic rings. The molecule has 0 spiro atoms. The number of benzene rings is 1. The van der Waals surface area contributed by atoms with Crippen LogP contribution in [0.25, 0.3) is 0 Å². The molecule has 0 saturated carbocycles. The minimum atomic E-state index is 0.0567. The molecule has 1 aromatic carbocycles. The van der Waals surface area contributed by atoms with Crippen LogP contribution < -0.4 is 11.1 Å². The zero-order valence-corrected chi connectivity index (χ0v) is 12.8. The molecule has 0 saturated heterocycles. The highest BCUT2D eigenvalue weighted by molar-refractivity contribution is 7.99. The van der Waals surface area contributed by atoms with Crippen molar-refractivity contribution >= 4 is 17.7 Å². The molecule has 1 amide bonds. The van der Waals surface area contributed by atoms with Gasteiger partial charge in [-0.15, -0.1) is 0 Å². The van der Waals surface area contributed by atoms with Crippen molar-refractivity contribution in [3.63, 3.8) is 0 Å². The van der Waals surface area contributed by atoms with E-state index < -0.39 is 0 Å². The predicted octanol–water partition coefficient (Wildman–Crippen LogP) is 2.50. The van der Waals surface area contributed by atoms with Gasteiger partial charge in [0.15, 0.2) is 0 Å². The smallest absolute Gasteiger partial charge is 0.230 e. The van der Waals surface area contributed by atoms with Crippen LogP contribution in [0.4, 0.5) is 0 Å². The summed E-state index contributed by atoms with van der Waals surface area (Å²) in [6.07, 6.45) is 0. The van der Waals surface area contributed by atoms with Crippen LogP contribution in [-0.4, -0.2) is 24.0 Å². The van der Waals surface area contributed by atoms with Crippen LogP contribution in [0, 0.1) is 12.8 Å². The second-order valence-electron chi connectivity index (χ2n) is 5.00. The van der Waals surface area contributed by atoms with Gasteiger partial charge in [-0.3, -0.25) is 4.79 Å². The van der Waals surface area contributed by atoms with E-state index in [4.69, 9.17) is 5.73 Å². The third-order valence-corrected chi connectivity index (χ3v) is 4.34. The van der Waals surface area contributed by atoms with Gasteiger partial charge in [-0.25, -0.2) is 0 Å². The van der Waals surface area contributed by atoms with E-state index in [2.05, 4.69) is 31.3 Å². The molecule has 106 valence electrons. The third-order valence-electron chi connectivity index (χ3n) is 3.07. The summed E-state index contributed by atoms with van der Waals surface area (Å²) in [5.41, 5.74) is 7.93. The highest BCUT2D eigenvalue weighted by atomic mass is 32.2. The Morgan fingerprint density at radius 3 is 2.68 bits per heavy atom. The largest absolute Gasteiger partial charge is 0.349 e. The highest BCUT2D eigenvalue weighted by Crippen LogP contribution is 2.17. The van der Waals surface area contributed by atoms with Crippen molar-refractivity contribution in [3.05, 3.63) is 35.4 Å². The summed E-state index contributed by atoms with van der Waals surface area (Å²) < 4.78 is 0. The minimum absolute atomic E-state index is 0.0567. The van der Waals surface area contributed by atoms with Crippen LogP contribution in [-0.2, 0) is 4.79 Å². The van der Waals surface area contributed by atoms with E-state index in [0.717, 1.165) is 5.75 Å². The van der Waals surface area contributed by atoms with Crippen molar-refractivity contribution < 1.29 is 4.79 Å². The lowest BCUT2D eigenvalue weighted by molar-refractivity contribution is -0.119. The van der Waals surface area contributed by atoms with Crippen molar-refractivity contribution in [2.24, 2.45) is 11.7 Å². The molecule has 0 bridgehead atoms. The Bertz CT molecular complexity index is 409. The number of rotatable bonds is 7. The summed E-state index contributed by atoms with van der Waals surface area (Å²) >= 11 is 1.64. The Hall–Kier alpha value is -1.000. The number of amides is 1. The maximum atomic E-state index is 11.8. The van der Waals surface area contributed by atoms with E-state index in [0.29, 0.717) is 18.2 Å². The van der Waals surface area contributed by atoms with Gasteiger partial charge in [0.05, 0.1) is 11.8 Å². The molecule has 19 heavy (non-hydrogen) atoms. The Balaban J connectivity index is 2.38. The van der Waals surface area contributed by atoms with Crippen LogP contribution in [0.15, 0.2) is 24.3 Å². The molecular formula is C15H24N2OS. The number of hydrogen-bond acceptors (Lipinski definition) is 3. The number of carbonyl (C=O) groups excluding carboxylic acids is 1. The van der Waals surface area contributed by atoms with Crippen molar-refractivity contribution in [2.75, 3.05) is 18.1 Å². The molecule has 0 aliphatic carbocycles. The monoisotopic (exact) mass is 280 g/mol. The van der Waals surface area contributed by atoms with Crippen molar-refractivity contribution in [2.45, 2.75) is 26.8 Å². The maximum absolute atomic E-state index is 11.8. The summed E-state index contributed by atoms with van der Waals surface area (Å²) in [4.78, 5) is 11.8. The lowest BCUT2D eigenvalue weighted by Crippen LogP contribution is -2.29. The van der Waals surface area contributed by atoms with Gasteiger partial charge in [0, 0.05) is 0 Å². The van der Waals surface area contributed by atoms with Crippen molar-refractivity contribution in [1.29, 1.82) is 0 Å². The number of thioether (sulfide) groups is 1. The molecule has 3 N–H and O–H groups in total. The first-order valence-electron chi connectivity index (χ1n) is 6.67. The third kappa shape index (κ3) is 5.66. The zero-order valence-electron chi connectivity index (χ0n) is 12.0. The fourth-order valence-electron chi connectivity index (χ4n) is 1.85. The number of nitrogens with one attached hydrogen (secondary N) is 1. The summed E-state index contributed by atoms with van der Waals surface area (Å²) in [6, 6.07) is 8.20. The van der Waals surface area contributed by atoms with E-state index >= 15 is 0 Å². The Morgan fingerprint density at radius 2 is 2.05 bits per heavy atom. The number of carbonyl (C=O) groups is 1. The number of aryl methyl sites for hydroxylation is 1. The predicted molar refractivity (Wildman–Crippen MR) is 83.3 cm³/mol. The topological polar surface area (TPSA) is 55.1 Å². The molecule has 0 fully saturated rings. The number of nitrogens with two attached hydrogens (primary N) is 1. The average Bonchev–Trinajstić information content (AvgIpc) is 2.38. The summed E-state index contributed by atoms with van der Waals surface area (Å²) in [6.45, 7) is 6.86. The standard InChI is InChI=1S/C15H24N2OS/c1-11(8-16)9-19-10-15(18)17-13(3)14-7-5-4-6-12(14)2/h4-7,11,13H,8-10,16H2,1-3H3,(H,17,18). The maximum Gasteiger partial charge on any atom is 0.230 e. The van der Waals surface area contributed by atoms with Gasteiger partial charge < -0.3 is 11.1 Å². The number of hydrogen-bond donors (Lipinski definition) is 2. The quantitative estimate of drug-likeness (QED) is 0.807. The molecule has 0 aliphatic rings. The Kier molecular flexibility index (Phi) is 6.95. The van der Waals surface area contributed by atoms with Crippen LogP contribution in [0.2, 0.25) is 0 Å². The fourth-order valence-corrected chi connectivity index (χ4v) is 2.78. The van der Waals surface area contributed by atoms with Gasteiger partial charge in [-0.2, -0.15) is 11.8 Å². The second-order valence-corrected chi connectivity index (χ2v) is 6.03. The molecule has 0 aromatic heterocycles. The van der Waals surface area contributed by atoms with Crippen molar-refractivity contribution in [1.82, 2.24) is 5.32 Å². The van der Waals surface area contributed by atoms with Gasteiger partial charge in [0.25, 0.3) is 0 Å². The van der Waals surface area contributed by atoms with E-state index in [-0.39, 0.29) is 11.9 Å². The normalized spacial score (nSPS) is 13.9. The minimum Gasteiger partial charge on any atom is -0.349 e. The van der Waals surface area contributed by atoms with Crippen LogP contribution in [0.1, 0.15) is 31.0 Å². The van der Waals surface area contributed by atoms with Crippen LogP contribution >= 0.6 is 11.8 Å². The Labute approximate surface area is 120 Å². The molecule has 0 heterocycles. The van der Waals surface area contributed by atoms with E-state index in [9.17, 15) is 4.79 Å². The summed E-state index contributed by atoms with van der Waals surface area (Å²) in [5.74, 6) is 1.99. The first kappa shape index (κ1) is 16.1. The van der Waals surface area contributed by atoms with Crippen LogP contribution in [0.5, 0.6) is 0 Å². The van der Waals surface area contributed by atoms with Crippen LogP contribution in [0.3, 0.4) is 0 Å². The van der Waals surface area contributed by atoms with Gasteiger partial charge in [0.2, 0.25) is 5.91 Å². The molecular weight excluding hydrogens is 256 g/mol. The molecule has 4 heteroatoms. The van der Waals surface area contributed by atoms with Gasteiger partial charge in [0.1, 0.15) is 0 Å². The molecule has 0 aliphatic heterocycles. The lowest BCUT2D eigenvalue weighted by Gasteiger charge is -2.16. The first-order valence-corrected chi connectivity index (χ1v) is 7.82. The lowest BCUT2D eigenvalue weighted by atomic mass is 10.0. The van der Waals surface area contributed by atoms with Crippen molar-refractivity contribution in [3.8, 4) is 0 Å².